The maximum atomic E-state index is 12.6. The summed E-state index contributed by atoms with van der Waals surface area (Å²) in [7, 11) is 0. The van der Waals surface area contributed by atoms with Crippen molar-refractivity contribution in [2.75, 3.05) is 13.1 Å². The van der Waals surface area contributed by atoms with E-state index in [9.17, 15) is 14.9 Å². The van der Waals surface area contributed by atoms with Crippen LogP contribution in [0.15, 0.2) is 28.8 Å². The van der Waals surface area contributed by atoms with E-state index in [2.05, 4.69) is 37.8 Å². The van der Waals surface area contributed by atoms with Gasteiger partial charge in [-0.3, -0.25) is 14.9 Å². The molecule has 0 saturated carbocycles. The van der Waals surface area contributed by atoms with E-state index in [0.717, 1.165) is 19.4 Å². The number of rotatable bonds is 9. The zero-order valence-corrected chi connectivity index (χ0v) is 17.0. The largest absolute Gasteiger partial charge is 0.342 e. The molecule has 0 spiro atoms. The summed E-state index contributed by atoms with van der Waals surface area (Å²) in [4.78, 5) is 29.1. The fourth-order valence-corrected chi connectivity index (χ4v) is 2.71. The first-order valence-corrected chi connectivity index (χ1v) is 9.55. The summed E-state index contributed by atoms with van der Waals surface area (Å²) in [6.07, 6.45) is 2.94. The molecular formula is C20H28N4O4. The smallest absolute Gasteiger partial charge is 0.269 e. The van der Waals surface area contributed by atoms with Crippen molar-refractivity contribution in [3.05, 3.63) is 40.3 Å². The van der Waals surface area contributed by atoms with Crippen molar-refractivity contribution >= 4 is 11.6 Å². The van der Waals surface area contributed by atoms with Gasteiger partial charge in [0.2, 0.25) is 17.6 Å². The quantitative estimate of drug-likeness (QED) is 0.470. The molecule has 0 N–H and O–H groups in total. The summed E-state index contributed by atoms with van der Waals surface area (Å²) >= 11 is 0. The SMILES string of the molecule is CCCCN(CCc1nc(-c2ccc([N+](=O)[O-])cc2)no1)C(=O)CC(C)(C)C. The molecule has 1 aromatic heterocycles. The Labute approximate surface area is 165 Å². The fourth-order valence-electron chi connectivity index (χ4n) is 2.71. The van der Waals surface area contributed by atoms with Crippen molar-refractivity contribution in [1.82, 2.24) is 15.0 Å². The summed E-state index contributed by atoms with van der Waals surface area (Å²) in [5.74, 6) is 0.959. The molecule has 8 heteroatoms. The Morgan fingerprint density at radius 3 is 2.46 bits per heavy atom. The minimum Gasteiger partial charge on any atom is -0.342 e. The maximum Gasteiger partial charge on any atom is 0.269 e. The highest BCUT2D eigenvalue weighted by molar-refractivity contribution is 5.76. The van der Waals surface area contributed by atoms with Crippen LogP contribution < -0.4 is 0 Å². The molecule has 0 aliphatic rings. The van der Waals surface area contributed by atoms with Gasteiger partial charge in [0, 0.05) is 43.6 Å². The van der Waals surface area contributed by atoms with Crippen molar-refractivity contribution in [3.63, 3.8) is 0 Å². The number of nitro benzene ring substituents is 1. The van der Waals surface area contributed by atoms with Crippen LogP contribution in [0.25, 0.3) is 11.4 Å². The van der Waals surface area contributed by atoms with E-state index in [4.69, 9.17) is 4.52 Å². The van der Waals surface area contributed by atoms with Crippen LogP contribution in [-0.2, 0) is 11.2 Å². The fraction of sp³-hybridized carbons (Fsp3) is 0.550. The second kappa shape index (κ2) is 9.43. The lowest BCUT2D eigenvalue weighted by atomic mass is 9.91. The summed E-state index contributed by atoms with van der Waals surface area (Å²) < 4.78 is 5.30. The van der Waals surface area contributed by atoms with Crippen LogP contribution in [0.3, 0.4) is 0 Å². The number of carbonyl (C=O) groups is 1. The Morgan fingerprint density at radius 2 is 1.89 bits per heavy atom. The van der Waals surface area contributed by atoms with Crippen molar-refractivity contribution in [3.8, 4) is 11.4 Å². The molecular weight excluding hydrogens is 360 g/mol. The van der Waals surface area contributed by atoms with Crippen molar-refractivity contribution in [2.24, 2.45) is 5.41 Å². The number of hydrogen-bond donors (Lipinski definition) is 0. The molecule has 0 aliphatic carbocycles. The minimum atomic E-state index is -0.453. The van der Waals surface area contributed by atoms with Crippen LogP contribution in [0.5, 0.6) is 0 Å². The van der Waals surface area contributed by atoms with E-state index >= 15 is 0 Å². The third-order valence-electron chi connectivity index (χ3n) is 4.22. The normalized spacial score (nSPS) is 11.4. The average molecular weight is 388 g/mol. The molecule has 0 unspecified atom stereocenters. The van der Waals surface area contributed by atoms with Gasteiger partial charge in [-0.25, -0.2) is 0 Å². The molecule has 1 amide bonds. The number of benzene rings is 1. The number of carbonyl (C=O) groups excluding carboxylic acids is 1. The molecule has 0 atom stereocenters. The standard InChI is InChI=1S/C20H28N4O4/c1-5-6-12-23(18(25)14-20(2,3)4)13-11-17-21-19(22-28-17)15-7-9-16(10-8-15)24(26)27/h7-10H,5-6,11-14H2,1-4H3. The molecule has 1 aromatic carbocycles. The lowest BCUT2D eigenvalue weighted by Crippen LogP contribution is -2.36. The Bertz CT molecular complexity index is 793. The highest BCUT2D eigenvalue weighted by atomic mass is 16.6. The van der Waals surface area contributed by atoms with Gasteiger partial charge in [0.25, 0.3) is 5.69 Å². The van der Waals surface area contributed by atoms with E-state index in [-0.39, 0.29) is 17.0 Å². The van der Waals surface area contributed by atoms with Crippen LogP contribution in [0.2, 0.25) is 0 Å². The highest BCUT2D eigenvalue weighted by Crippen LogP contribution is 2.21. The molecule has 2 aromatic rings. The summed E-state index contributed by atoms with van der Waals surface area (Å²) in [6, 6.07) is 5.99. The molecule has 0 radical (unpaired) electrons. The van der Waals surface area contributed by atoms with Gasteiger partial charge >= 0.3 is 0 Å². The predicted octanol–water partition coefficient (Wildman–Crippen LogP) is 4.25. The first kappa shape index (κ1) is 21.5. The number of amides is 1. The third-order valence-corrected chi connectivity index (χ3v) is 4.22. The van der Waals surface area contributed by atoms with Crippen LogP contribution in [0, 0.1) is 15.5 Å². The average Bonchev–Trinajstić information content (AvgIpc) is 3.09. The van der Waals surface area contributed by atoms with Gasteiger partial charge in [0.15, 0.2) is 0 Å². The van der Waals surface area contributed by atoms with Crippen molar-refractivity contribution in [1.29, 1.82) is 0 Å². The summed E-state index contributed by atoms with van der Waals surface area (Å²) in [6.45, 7) is 9.50. The molecule has 28 heavy (non-hydrogen) atoms. The number of aromatic nitrogens is 2. The highest BCUT2D eigenvalue weighted by Gasteiger charge is 2.21. The van der Waals surface area contributed by atoms with E-state index in [1.165, 1.54) is 12.1 Å². The number of unbranched alkanes of at least 4 members (excludes halogenated alkanes) is 1. The van der Waals surface area contributed by atoms with Gasteiger partial charge in [-0.05, 0) is 24.0 Å². The maximum absolute atomic E-state index is 12.6. The Hall–Kier alpha value is -2.77. The number of nitrogens with zero attached hydrogens (tertiary/aromatic N) is 4. The van der Waals surface area contributed by atoms with E-state index < -0.39 is 4.92 Å². The second-order valence-corrected chi connectivity index (χ2v) is 8.04. The molecule has 2 rings (SSSR count). The lowest BCUT2D eigenvalue weighted by molar-refractivity contribution is -0.384. The molecule has 0 fully saturated rings. The molecule has 0 saturated heterocycles. The molecule has 152 valence electrons. The number of non-ortho nitro benzene ring substituents is 1. The van der Waals surface area contributed by atoms with Gasteiger partial charge in [0.05, 0.1) is 4.92 Å². The summed E-state index contributed by atoms with van der Waals surface area (Å²) in [5.41, 5.74) is 0.596. The van der Waals surface area contributed by atoms with Crippen LogP contribution in [0.4, 0.5) is 5.69 Å². The predicted molar refractivity (Wildman–Crippen MR) is 106 cm³/mol. The van der Waals surface area contributed by atoms with E-state index in [1.54, 1.807) is 12.1 Å². The van der Waals surface area contributed by atoms with Gasteiger partial charge in [-0.1, -0.05) is 39.3 Å². The van der Waals surface area contributed by atoms with Crippen molar-refractivity contribution < 1.29 is 14.2 Å². The Kier molecular flexibility index (Phi) is 7.25. The molecule has 1 heterocycles. The first-order valence-electron chi connectivity index (χ1n) is 9.55. The van der Waals surface area contributed by atoms with Crippen molar-refractivity contribution in [2.45, 2.75) is 53.4 Å². The molecule has 0 aliphatic heterocycles. The molecule has 8 nitrogen and oxygen atoms in total. The zero-order valence-electron chi connectivity index (χ0n) is 17.0. The van der Waals surface area contributed by atoms with E-state index in [0.29, 0.717) is 36.7 Å². The van der Waals surface area contributed by atoms with Gasteiger partial charge in [-0.2, -0.15) is 4.98 Å². The topological polar surface area (TPSA) is 102 Å². The Morgan fingerprint density at radius 1 is 1.21 bits per heavy atom. The van der Waals surface area contributed by atoms with Crippen LogP contribution >= 0.6 is 0 Å². The first-order chi connectivity index (χ1) is 13.2. The Balaban J connectivity index is 2.01. The lowest BCUT2D eigenvalue weighted by Gasteiger charge is -2.26. The monoisotopic (exact) mass is 388 g/mol. The number of hydrogen-bond acceptors (Lipinski definition) is 6. The second-order valence-electron chi connectivity index (χ2n) is 8.04. The summed E-state index contributed by atoms with van der Waals surface area (Å²) in [5, 5.41) is 14.7. The minimum absolute atomic E-state index is 0.0106. The van der Waals surface area contributed by atoms with Gasteiger partial charge < -0.3 is 9.42 Å². The number of nitro groups is 1. The van der Waals surface area contributed by atoms with Crippen LogP contribution in [0.1, 0.15) is 52.8 Å². The van der Waals surface area contributed by atoms with Gasteiger partial charge in [-0.15, -0.1) is 0 Å². The van der Waals surface area contributed by atoms with Gasteiger partial charge in [0.1, 0.15) is 0 Å². The molecule has 0 bridgehead atoms. The van der Waals surface area contributed by atoms with Crippen LogP contribution in [-0.4, -0.2) is 39.0 Å². The van der Waals surface area contributed by atoms with E-state index in [1.807, 2.05) is 4.90 Å². The third kappa shape index (κ3) is 6.44. The zero-order chi connectivity index (χ0) is 20.7.